The third kappa shape index (κ3) is 3.34. The van der Waals surface area contributed by atoms with E-state index in [9.17, 15) is 14.7 Å². The average molecular weight is 421 g/mol. The zero-order valence-corrected chi connectivity index (χ0v) is 15.5. The lowest BCUT2D eigenvalue weighted by atomic mass is 9.95. The van der Waals surface area contributed by atoms with E-state index in [4.69, 9.17) is 11.6 Å². The van der Waals surface area contributed by atoms with Crippen LogP contribution in [0.4, 0.5) is 0 Å². The van der Waals surface area contributed by atoms with Crippen LogP contribution in [0.2, 0.25) is 5.02 Å². The van der Waals surface area contributed by atoms with Crippen molar-refractivity contribution in [3.63, 3.8) is 0 Å². The summed E-state index contributed by atoms with van der Waals surface area (Å²) in [4.78, 5) is 26.5. The van der Waals surface area contributed by atoms with E-state index in [0.717, 1.165) is 5.56 Å². The molecule has 3 rings (SSSR count). The first kappa shape index (κ1) is 17.7. The van der Waals surface area contributed by atoms with Crippen LogP contribution in [-0.4, -0.2) is 33.6 Å². The normalized spacial score (nSPS) is 19.4. The SMILES string of the molecule is O=C1C(=O)N(CCBr)[C@@H](c2ccc(Cl)cc2)C1=C(O)c1ccccc1. The molecule has 1 amide bonds. The van der Waals surface area contributed by atoms with Crippen LogP contribution in [0.3, 0.4) is 0 Å². The number of Topliss-reactive ketones (excluding diaryl/α,β-unsaturated/α-hetero) is 1. The number of carbonyl (C=O) groups excluding carboxylic acids is 2. The number of halogens is 2. The van der Waals surface area contributed by atoms with Crippen molar-refractivity contribution >= 4 is 45.0 Å². The van der Waals surface area contributed by atoms with Crippen LogP contribution < -0.4 is 0 Å². The highest BCUT2D eigenvalue weighted by Crippen LogP contribution is 2.39. The number of alkyl halides is 1. The molecule has 0 aliphatic carbocycles. The van der Waals surface area contributed by atoms with Crippen molar-refractivity contribution in [1.82, 2.24) is 4.90 Å². The van der Waals surface area contributed by atoms with E-state index in [1.807, 2.05) is 6.07 Å². The fourth-order valence-corrected chi connectivity index (χ4v) is 3.45. The third-order valence-electron chi connectivity index (χ3n) is 4.10. The zero-order valence-electron chi connectivity index (χ0n) is 13.2. The Kier molecular flexibility index (Phi) is 5.25. The Labute approximate surface area is 158 Å². The topological polar surface area (TPSA) is 57.6 Å². The maximum Gasteiger partial charge on any atom is 0.295 e. The highest BCUT2D eigenvalue weighted by molar-refractivity contribution is 9.09. The number of rotatable bonds is 4. The highest BCUT2D eigenvalue weighted by atomic mass is 79.9. The minimum absolute atomic E-state index is 0.0967. The molecule has 0 saturated carbocycles. The summed E-state index contributed by atoms with van der Waals surface area (Å²) in [5.41, 5.74) is 1.32. The Bertz CT molecular complexity index is 834. The van der Waals surface area contributed by atoms with Gasteiger partial charge in [0.25, 0.3) is 11.7 Å². The lowest BCUT2D eigenvalue weighted by Gasteiger charge is -2.24. The van der Waals surface area contributed by atoms with Gasteiger partial charge in [0.05, 0.1) is 11.6 Å². The van der Waals surface area contributed by atoms with Gasteiger partial charge in [-0.05, 0) is 17.7 Å². The smallest absolute Gasteiger partial charge is 0.295 e. The number of nitrogens with zero attached hydrogens (tertiary/aromatic N) is 1. The molecule has 1 aliphatic heterocycles. The highest BCUT2D eigenvalue weighted by Gasteiger charge is 2.45. The first-order chi connectivity index (χ1) is 12.0. The minimum atomic E-state index is -0.678. The minimum Gasteiger partial charge on any atom is -0.507 e. The van der Waals surface area contributed by atoms with Crippen molar-refractivity contribution in [3.8, 4) is 0 Å². The van der Waals surface area contributed by atoms with Gasteiger partial charge in [-0.1, -0.05) is 70.0 Å². The molecule has 128 valence electrons. The molecule has 1 aliphatic rings. The van der Waals surface area contributed by atoms with Gasteiger partial charge in [-0.15, -0.1) is 0 Å². The lowest BCUT2D eigenvalue weighted by molar-refractivity contribution is -0.139. The van der Waals surface area contributed by atoms with Gasteiger partial charge >= 0.3 is 0 Å². The maximum atomic E-state index is 12.6. The van der Waals surface area contributed by atoms with Gasteiger partial charge in [0.2, 0.25) is 0 Å². The van der Waals surface area contributed by atoms with E-state index in [1.54, 1.807) is 48.5 Å². The number of carbonyl (C=O) groups is 2. The number of ketones is 1. The molecule has 0 radical (unpaired) electrons. The van der Waals surface area contributed by atoms with Crippen molar-refractivity contribution in [2.24, 2.45) is 0 Å². The molecule has 0 spiro atoms. The number of hydrogen-bond acceptors (Lipinski definition) is 3. The standard InChI is InChI=1S/C19H15BrClNO3/c20-10-11-22-16(12-6-8-14(21)9-7-12)15(18(24)19(22)25)17(23)13-4-2-1-3-5-13/h1-9,16,23H,10-11H2/t16-/m0/s1. The molecule has 1 N–H and O–H groups in total. The molecular weight excluding hydrogens is 406 g/mol. The van der Waals surface area contributed by atoms with E-state index in [-0.39, 0.29) is 11.3 Å². The summed E-state index contributed by atoms with van der Waals surface area (Å²) in [5.74, 6) is -1.46. The molecule has 4 nitrogen and oxygen atoms in total. The molecule has 0 unspecified atom stereocenters. The fourth-order valence-electron chi connectivity index (χ4n) is 2.94. The average Bonchev–Trinajstić information content (AvgIpc) is 2.88. The summed E-state index contributed by atoms with van der Waals surface area (Å²) in [6.45, 7) is 0.351. The second kappa shape index (κ2) is 7.42. The monoisotopic (exact) mass is 419 g/mol. The van der Waals surface area contributed by atoms with Crippen LogP contribution in [0, 0.1) is 0 Å². The van der Waals surface area contributed by atoms with Gasteiger partial charge in [-0.3, -0.25) is 9.59 Å². The van der Waals surface area contributed by atoms with E-state index in [0.29, 0.717) is 22.5 Å². The number of benzene rings is 2. The Hall–Kier alpha value is -2.11. The molecule has 6 heteroatoms. The van der Waals surface area contributed by atoms with Crippen molar-refractivity contribution in [2.75, 3.05) is 11.9 Å². The summed E-state index contributed by atoms with van der Waals surface area (Å²) >= 11 is 9.27. The summed E-state index contributed by atoms with van der Waals surface area (Å²) in [6.07, 6.45) is 0. The van der Waals surface area contributed by atoms with E-state index >= 15 is 0 Å². The third-order valence-corrected chi connectivity index (χ3v) is 4.70. The molecule has 1 fully saturated rings. The molecule has 25 heavy (non-hydrogen) atoms. The van der Waals surface area contributed by atoms with Crippen LogP contribution in [0.1, 0.15) is 17.2 Å². The van der Waals surface area contributed by atoms with Gasteiger partial charge in [-0.2, -0.15) is 0 Å². The Morgan fingerprint density at radius 2 is 1.72 bits per heavy atom. The molecule has 1 saturated heterocycles. The first-order valence-electron chi connectivity index (χ1n) is 7.70. The van der Waals surface area contributed by atoms with Gasteiger partial charge in [0.15, 0.2) is 0 Å². The Morgan fingerprint density at radius 3 is 2.32 bits per heavy atom. The lowest BCUT2D eigenvalue weighted by Crippen LogP contribution is -2.31. The van der Waals surface area contributed by atoms with Crippen molar-refractivity contribution in [2.45, 2.75) is 6.04 Å². The van der Waals surface area contributed by atoms with Crippen molar-refractivity contribution in [3.05, 3.63) is 76.3 Å². The van der Waals surface area contributed by atoms with Crippen molar-refractivity contribution in [1.29, 1.82) is 0 Å². The summed E-state index contributed by atoms with van der Waals surface area (Å²) in [6, 6.07) is 15.0. The Morgan fingerprint density at radius 1 is 1.08 bits per heavy atom. The second-order valence-corrected chi connectivity index (χ2v) is 6.83. The van der Waals surface area contributed by atoms with Crippen molar-refractivity contribution < 1.29 is 14.7 Å². The summed E-state index contributed by atoms with van der Waals surface area (Å²) in [7, 11) is 0. The Balaban J connectivity index is 2.18. The van der Waals surface area contributed by atoms with Gasteiger partial charge in [-0.25, -0.2) is 0 Å². The summed E-state index contributed by atoms with van der Waals surface area (Å²) < 4.78 is 0. The van der Waals surface area contributed by atoms with E-state index in [2.05, 4.69) is 15.9 Å². The molecule has 2 aromatic rings. The number of amides is 1. The van der Waals surface area contributed by atoms with Crippen LogP contribution >= 0.6 is 27.5 Å². The first-order valence-corrected chi connectivity index (χ1v) is 9.19. The number of aliphatic hydroxyl groups is 1. The predicted molar refractivity (Wildman–Crippen MR) is 101 cm³/mol. The van der Waals surface area contributed by atoms with Gasteiger partial charge < -0.3 is 10.0 Å². The van der Waals surface area contributed by atoms with E-state index < -0.39 is 17.7 Å². The van der Waals surface area contributed by atoms with Gasteiger partial charge in [0, 0.05) is 22.5 Å². The van der Waals surface area contributed by atoms with Gasteiger partial charge in [0.1, 0.15) is 5.76 Å². The molecule has 2 aromatic carbocycles. The van der Waals surface area contributed by atoms with Crippen LogP contribution in [0.5, 0.6) is 0 Å². The number of likely N-dealkylation sites (tertiary alicyclic amines) is 1. The predicted octanol–water partition coefficient (Wildman–Crippen LogP) is 4.16. The molecular formula is C19H15BrClNO3. The maximum absolute atomic E-state index is 12.6. The number of hydrogen-bond donors (Lipinski definition) is 1. The van der Waals surface area contributed by atoms with Crippen LogP contribution in [0.25, 0.3) is 5.76 Å². The number of aliphatic hydroxyl groups excluding tert-OH is 1. The molecule has 0 aromatic heterocycles. The second-order valence-electron chi connectivity index (χ2n) is 5.60. The quantitative estimate of drug-likeness (QED) is 0.350. The largest absolute Gasteiger partial charge is 0.507 e. The molecule has 1 atom stereocenters. The molecule has 1 heterocycles. The van der Waals surface area contributed by atoms with E-state index in [1.165, 1.54) is 4.90 Å². The van der Waals surface area contributed by atoms with Crippen LogP contribution in [-0.2, 0) is 9.59 Å². The van der Waals surface area contributed by atoms with Crippen LogP contribution in [0.15, 0.2) is 60.2 Å². The summed E-state index contributed by atoms with van der Waals surface area (Å²) in [5, 5.41) is 11.8. The zero-order chi connectivity index (χ0) is 18.0. The fraction of sp³-hybridized carbons (Fsp3) is 0.158. The molecule has 0 bridgehead atoms.